The fourth-order valence-electron chi connectivity index (χ4n) is 2.75. The summed E-state index contributed by atoms with van der Waals surface area (Å²) in [5.74, 6) is 0.800. The van der Waals surface area contributed by atoms with E-state index >= 15 is 0 Å². The smallest absolute Gasteiger partial charge is 0.232 e. The number of allylic oxidation sites excluding steroid dienone is 2. The van der Waals surface area contributed by atoms with E-state index in [9.17, 15) is 4.79 Å². The zero-order valence-electron chi connectivity index (χ0n) is 11.7. The minimum atomic E-state index is -0.125. The molecule has 0 unspecified atom stereocenters. The maximum Gasteiger partial charge on any atom is 0.232 e. The van der Waals surface area contributed by atoms with Gasteiger partial charge in [0.25, 0.3) is 0 Å². The second kappa shape index (κ2) is 5.83. The lowest BCUT2D eigenvalue weighted by Gasteiger charge is -2.46. The Bertz CT molecular complexity index is 643. The van der Waals surface area contributed by atoms with Crippen LogP contribution in [0, 0.1) is 5.92 Å². The Morgan fingerprint density at radius 2 is 2.00 bits per heavy atom. The predicted octanol–water partition coefficient (Wildman–Crippen LogP) is 3.72. The number of β-lactam (4-membered cyclic amide) rings is 1. The van der Waals surface area contributed by atoms with E-state index in [1.807, 2.05) is 47.4 Å². The van der Waals surface area contributed by atoms with Gasteiger partial charge in [-0.1, -0.05) is 55.1 Å². The van der Waals surface area contributed by atoms with Crippen LogP contribution in [0.3, 0.4) is 0 Å². The van der Waals surface area contributed by atoms with Crippen molar-refractivity contribution in [2.75, 3.05) is 0 Å². The second-order valence-corrected chi connectivity index (χ2v) is 5.05. The highest BCUT2D eigenvalue weighted by atomic mass is 16.3. The molecule has 0 radical (unpaired) electrons. The zero-order chi connectivity index (χ0) is 14.7. The second-order valence-electron chi connectivity index (χ2n) is 5.05. The molecule has 21 heavy (non-hydrogen) atoms. The molecule has 3 nitrogen and oxygen atoms in total. The van der Waals surface area contributed by atoms with Crippen molar-refractivity contribution in [1.29, 1.82) is 0 Å². The highest BCUT2D eigenvalue weighted by molar-refractivity contribution is 5.88. The number of benzene rings is 1. The van der Waals surface area contributed by atoms with Crippen molar-refractivity contribution in [3.63, 3.8) is 0 Å². The first kappa shape index (κ1) is 13.4. The van der Waals surface area contributed by atoms with Gasteiger partial charge in [0.2, 0.25) is 5.91 Å². The molecular weight excluding hydrogens is 262 g/mol. The Labute approximate surface area is 124 Å². The average molecular weight is 279 g/mol. The van der Waals surface area contributed by atoms with Gasteiger partial charge in [-0.3, -0.25) is 4.79 Å². The Morgan fingerprint density at radius 1 is 1.19 bits per heavy atom. The fourth-order valence-corrected chi connectivity index (χ4v) is 2.75. The van der Waals surface area contributed by atoms with Gasteiger partial charge in [-0.05, 0) is 17.7 Å². The van der Waals surface area contributed by atoms with E-state index in [-0.39, 0.29) is 17.9 Å². The van der Waals surface area contributed by atoms with Crippen LogP contribution in [0.15, 0.2) is 78.0 Å². The summed E-state index contributed by atoms with van der Waals surface area (Å²) in [4.78, 5) is 14.2. The SMILES string of the molecule is C=C/C=C/[C@@H]1C(=O)N(Cc2ccco2)[C@@H]1c1ccccc1. The summed E-state index contributed by atoms with van der Waals surface area (Å²) in [7, 11) is 0. The third kappa shape index (κ3) is 2.55. The summed E-state index contributed by atoms with van der Waals surface area (Å²) in [6.45, 7) is 4.17. The lowest BCUT2D eigenvalue weighted by molar-refractivity contribution is -0.154. The van der Waals surface area contributed by atoms with E-state index in [2.05, 4.69) is 18.7 Å². The highest BCUT2D eigenvalue weighted by Gasteiger charge is 2.46. The average Bonchev–Trinajstić information content (AvgIpc) is 3.03. The highest BCUT2D eigenvalue weighted by Crippen LogP contribution is 2.41. The van der Waals surface area contributed by atoms with Crippen LogP contribution < -0.4 is 0 Å². The van der Waals surface area contributed by atoms with Gasteiger partial charge in [-0.25, -0.2) is 0 Å². The van der Waals surface area contributed by atoms with Crippen molar-refractivity contribution >= 4 is 5.91 Å². The monoisotopic (exact) mass is 279 g/mol. The summed E-state index contributed by atoms with van der Waals surface area (Å²) in [6, 6.07) is 13.9. The van der Waals surface area contributed by atoms with Crippen molar-refractivity contribution in [3.8, 4) is 0 Å². The molecule has 1 saturated heterocycles. The summed E-state index contributed by atoms with van der Waals surface area (Å²) in [5.41, 5.74) is 1.14. The van der Waals surface area contributed by atoms with Crippen LogP contribution in [-0.2, 0) is 11.3 Å². The van der Waals surface area contributed by atoms with Crippen LogP contribution in [-0.4, -0.2) is 10.8 Å². The number of rotatable bonds is 5. The number of hydrogen-bond acceptors (Lipinski definition) is 2. The van der Waals surface area contributed by atoms with Crippen LogP contribution >= 0.6 is 0 Å². The van der Waals surface area contributed by atoms with Crippen molar-refractivity contribution in [3.05, 3.63) is 84.9 Å². The van der Waals surface area contributed by atoms with Crippen LogP contribution in [0.1, 0.15) is 17.4 Å². The van der Waals surface area contributed by atoms with Gasteiger partial charge in [0.1, 0.15) is 5.76 Å². The Balaban J connectivity index is 1.86. The molecule has 1 amide bonds. The van der Waals surface area contributed by atoms with E-state index in [0.717, 1.165) is 11.3 Å². The van der Waals surface area contributed by atoms with E-state index in [1.54, 1.807) is 12.3 Å². The third-order valence-electron chi connectivity index (χ3n) is 3.75. The topological polar surface area (TPSA) is 33.5 Å². The minimum Gasteiger partial charge on any atom is -0.467 e. The van der Waals surface area contributed by atoms with E-state index in [4.69, 9.17) is 4.42 Å². The van der Waals surface area contributed by atoms with Crippen LogP contribution in [0.5, 0.6) is 0 Å². The third-order valence-corrected chi connectivity index (χ3v) is 3.75. The number of carbonyl (C=O) groups is 1. The van der Waals surface area contributed by atoms with E-state index in [1.165, 1.54) is 0 Å². The molecule has 2 atom stereocenters. The molecule has 0 spiro atoms. The summed E-state index contributed by atoms with van der Waals surface area (Å²) < 4.78 is 5.36. The normalized spacial score (nSPS) is 21.5. The molecule has 1 fully saturated rings. The van der Waals surface area contributed by atoms with Crippen LogP contribution in [0.25, 0.3) is 0 Å². The van der Waals surface area contributed by atoms with Gasteiger partial charge in [0.05, 0.1) is 24.8 Å². The first-order chi connectivity index (χ1) is 10.3. The molecule has 1 aliphatic heterocycles. The molecule has 0 bridgehead atoms. The van der Waals surface area contributed by atoms with Gasteiger partial charge in [-0.2, -0.15) is 0 Å². The van der Waals surface area contributed by atoms with Crippen LogP contribution in [0.2, 0.25) is 0 Å². The molecule has 2 heterocycles. The molecule has 1 aromatic carbocycles. The molecule has 106 valence electrons. The van der Waals surface area contributed by atoms with Crippen LogP contribution in [0.4, 0.5) is 0 Å². The van der Waals surface area contributed by atoms with Crippen molar-refractivity contribution in [2.45, 2.75) is 12.6 Å². The maximum atomic E-state index is 12.4. The number of likely N-dealkylation sites (tertiary alicyclic amines) is 1. The van der Waals surface area contributed by atoms with Gasteiger partial charge in [-0.15, -0.1) is 0 Å². The molecule has 2 aromatic rings. The zero-order valence-corrected chi connectivity index (χ0v) is 11.7. The molecule has 1 aromatic heterocycles. The van der Waals surface area contributed by atoms with E-state index < -0.39 is 0 Å². The molecular formula is C18H17NO2. The lowest BCUT2D eigenvalue weighted by Crippen LogP contribution is -2.53. The van der Waals surface area contributed by atoms with Gasteiger partial charge in [0, 0.05) is 0 Å². The number of nitrogens with zero attached hydrogens (tertiary/aromatic N) is 1. The van der Waals surface area contributed by atoms with Gasteiger partial charge < -0.3 is 9.32 Å². The maximum absolute atomic E-state index is 12.4. The standard InChI is InChI=1S/C18H17NO2/c1-2-3-11-16-17(14-8-5-4-6-9-14)19(18(16)20)13-15-10-7-12-21-15/h2-12,16-17H,1,13H2/b11-3+/t16-,17+/m0/s1. The number of hydrogen-bond donors (Lipinski definition) is 0. The van der Waals surface area contributed by atoms with Crippen molar-refractivity contribution < 1.29 is 9.21 Å². The quantitative estimate of drug-likeness (QED) is 0.617. The summed E-state index contributed by atoms with van der Waals surface area (Å²) in [5, 5.41) is 0. The molecule has 3 rings (SSSR count). The molecule has 0 aliphatic carbocycles. The first-order valence-corrected chi connectivity index (χ1v) is 6.98. The molecule has 0 N–H and O–H groups in total. The molecule has 1 aliphatic rings. The lowest BCUT2D eigenvalue weighted by atomic mass is 9.82. The fraction of sp³-hybridized carbons (Fsp3) is 0.167. The summed E-state index contributed by atoms with van der Waals surface area (Å²) in [6.07, 6.45) is 7.09. The van der Waals surface area contributed by atoms with Crippen molar-refractivity contribution in [2.24, 2.45) is 5.92 Å². The predicted molar refractivity (Wildman–Crippen MR) is 81.3 cm³/mol. The number of furan rings is 1. The molecule has 0 saturated carbocycles. The van der Waals surface area contributed by atoms with Crippen molar-refractivity contribution in [1.82, 2.24) is 4.90 Å². The number of carbonyl (C=O) groups excluding carboxylic acids is 1. The van der Waals surface area contributed by atoms with Gasteiger partial charge in [0.15, 0.2) is 0 Å². The first-order valence-electron chi connectivity index (χ1n) is 6.98. The van der Waals surface area contributed by atoms with Gasteiger partial charge >= 0.3 is 0 Å². The Hall–Kier alpha value is -2.55. The molecule has 3 heteroatoms. The minimum absolute atomic E-state index is 0.0556. The largest absolute Gasteiger partial charge is 0.467 e. The number of amides is 1. The van der Waals surface area contributed by atoms with E-state index in [0.29, 0.717) is 6.54 Å². The summed E-state index contributed by atoms with van der Waals surface area (Å²) >= 11 is 0. The Morgan fingerprint density at radius 3 is 2.67 bits per heavy atom. The Kier molecular flexibility index (Phi) is 3.73.